The van der Waals surface area contributed by atoms with Crippen LogP contribution in [-0.4, -0.2) is 45.0 Å². The molecule has 3 rings (SSSR count). The van der Waals surface area contributed by atoms with E-state index in [9.17, 15) is 41.7 Å². The SMILES string of the molecule is C.C#C.C#C.C=C1/C(=C\C=C2/CCC[C@@]3(C)C2CCC3C(CC#CC(O)(C(F)(F)F)C(F)(F)F)CCCC(C)(C)O)CCC[C@@H]1O. The molecule has 0 aliphatic heterocycles. The van der Waals surface area contributed by atoms with E-state index in [0.717, 1.165) is 62.0 Å². The van der Waals surface area contributed by atoms with Gasteiger partial charge in [-0.1, -0.05) is 51.0 Å². The van der Waals surface area contributed by atoms with Gasteiger partial charge < -0.3 is 15.3 Å². The fourth-order valence-electron chi connectivity index (χ4n) is 7.34. The van der Waals surface area contributed by atoms with E-state index in [-0.39, 0.29) is 37.0 Å². The molecular weight excluding hydrogens is 606 g/mol. The van der Waals surface area contributed by atoms with Crippen LogP contribution in [0.5, 0.6) is 0 Å². The van der Waals surface area contributed by atoms with Crippen molar-refractivity contribution in [2.75, 3.05) is 0 Å². The molecule has 0 heterocycles. The van der Waals surface area contributed by atoms with Gasteiger partial charge in [-0.15, -0.1) is 25.7 Å². The summed E-state index contributed by atoms with van der Waals surface area (Å²) in [6, 6.07) is 0. The van der Waals surface area contributed by atoms with E-state index in [1.807, 2.05) is 0 Å². The number of hydrogen-bond acceptors (Lipinski definition) is 3. The highest BCUT2D eigenvalue weighted by molar-refractivity contribution is 5.38. The normalized spacial score (nSPS) is 27.5. The van der Waals surface area contributed by atoms with Crippen molar-refractivity contribution in [3.63, 3.8) is 0 Å². The summed E-state index contributed by atoms with van der Waals surface area (Å²) in [7, 11) is 0. The lowest BCUT2D eigenvalue weighted by Gasteiger charge is -2.45. The monoisotopic (exact) mass is 658 g/mol. The maximum Gasteiger partial charge on any atom is 0.438 e. The van der Waals surface area contributed by atoms with Gasteiger partial charge in [0.1, 0.15) is 0 Å². The van der Waals surface area contributed by atoms with E-state index in [0.29, 0.717) is 25.7 Å². The first-order chi connectivity index (χ1) is 20.8. The summed E-state index contributed by atoms with van der Waals surface area (Å²) < 4.78 is 79.2. The molecule has 0 aromatic rings. The first-order valence-electron chi connectivity index (χ1n) is 15.3. The zero-order chi connectivity index (χ0) is 34.9. The van der Waals surface area contributed by atoms with Crippen molar-refractivity contribution in [1.29, 1.82) is 0 Å². The molecule has 0 aromatic heterocycles. The maximum absolute atomic E-state index is 13.2. The Hall–Kier alpha value is -2.64. The van der Waals surface area contributed by atoms with Crippen LogP contribution in [0.2, 0.25) is 0 Å². The highest BCUT2D eigenvalue weighted by atomic mass is 19.4. The molecule has 0 bridgehead atoms. The van der Waals surface area contributed by atoms with Gasteiger partial charge >= 0.3 is 18.0 Å². The predicted octanol–water partition coefficient (Wildman–Crippen LogP) is 9.10. The third-order valence-corrected chi connectivity index (χ3v) is 9.66. The van der Waals surface area contributed by atoms with Crippen LogP contribution in [-0.2, 0) is 0 Å². The molecule has 5 atom stereocenters. The van der Waals surface area contributed by atoms with Gasteiger partial charge in [0.05, 0.1) is 11.7 Å². The highest BCUT2D eigenvalue weighted by Crippen LogP contribution is 2.60. The van der Waals surface area contributed by atoms with Crippen molar-refractivity contribution < 1.29 is 41.7 Å². The number of rotatable bonds is 7. The molecule has 3 aliphatic carbocycles. The zero-order valence-corrected chi connectivity index (χ0v) is 26.6. The Morgan fingerprint density at radius 1 is 0.957 bits per heavy atom. The number of fused-ring (bicyclic) bond motifs is 1. The van der Waals surface area contributed by atoms with Crippen molar-refractivity contribution in [3.05, 3.63) is 35.5 Å². The van der Waals surface area contributed by atoms with Gasteiger partial charge in [-0.2, -0.15) is 26.3 Å². The van der Waals surface area contributed by atoms with Crippen LogP contribution in [0.1, 0.15) is 105 Å². The molecule has 3 unspecified atom stereocenters. The Kier molecular flexibility index (Phi) is 16.5. The zero-order valence-electron chi connectivity index (χ0n) is 26.6. The molecule has 3 aliphatic rings. The minimum Gasteiger partial charge on any atom is -0.390 e. The number of halogens is 6. The van der Waals surface area contributed by atoms with Crippen molar-refractivity contribution in [2.45, 2.75) is 135 Å². The third kappa shape index (κ3) is 10.4. The minimum absolute atomic E-state index is 0. The van der Waals surface area contributed by atoms with Gasteiger partial charge in [-0.05, 0) is 118 Å². The molecule has 0 saturated heterocycles. The van der Waals surface area contributed by atoms with E-state index in [2.05, 4.69) is 57.3 Å². The molecule has 3 saturated carbocycles. The summed E-state index contributed by atoms with van der Waals surface area (Å²) in [5.74, 6) is 3.23. The fourth-order valence-corrected chi connectivity index (χ4v) is 7.34. The molecule has 0 spiro atoms. The molecule has 3 fully saturated rings. The lowest BCUT2D eigenvalue weighted by molar-refractivity contribution is -0.343. The van der Waals surface area contributed by atoms with E-state index >= 15 is 0 Å². The standard InChI is InChI=1S/C32H44F6O3.2C2H2.CH4/c1-21-22(9-5-13-27(21)39)14-15-24-11-7-19-29(4)25(16-17-26(24)29)23(10-6-18-28(2,3)40)12-8-20-30(41,31(33,34)35)32(36,37)38;2*1-2;/h14-15,23,25-27,39-41H,1,5-7,9-13,16-19H2,2-4H3;2*1-2H;1H4/b22-14-,24-15+;;;/t23?,25?,26?,27-,29+;;;/m0.../s1. The van der Waals surface area contributed by atoms with Crippen molar-refractivity contribution in [2.24, 2.45) is 23.2 Å². The lowest BCUT2D eigenvalue weighted by Crippen LogP contribution is -2.55. The number of aliphatic hydroxyl groups excluding tert-OH is 1. The summed E-state index contributed by atoms with van der Waals surface area (Å²) in [6.07, 6.45) is 15.8. The van der Waals surface area contributed by atoms with Crippen LogP contribution in [0, 0.1) is 60.7 Å². The quantitative estimate of drug-likeness (QED) is 0.189. The summed E-state index contributed by atoms with van der Waals surface area (Å²) in [6.45, 7) is 9.54. The summed E-state index contributed by atoms with van der Waals surface area (Å²) in [5, 5.41) is 29.9. The van der Waals surface area contributed by atoms with Gasteiger partial charge in [0.15, 0.2) is 0 Å². The van der Waals surface area contributed by atoms with Gasteiger partial charge in [-0.25, -0.2) is 0 Å². The number of terminal acetylenes is 2. The average Bonchev–Trinajstić information content (AvgIpc) is 3.30. The fraction of sp³-hybridized carbons (Fsp3) is 0.676. The van der Waals surface area contributed by atoms with Crippen LogP contribution >= 0.6 is 0 Å². The molecule has 9 heteroatoms. The summed E-state index contributed by atoms with van der Waals surface area (Å²) >= 11 is 0. The minimum atomic E-state index is -5.98. The Bertz CT molecular complexity index is 1140. The summed E-state index contributed by atoms with van der Waals surface area (Å²) in [4.78, 5) is 0. The maximum atomic E-state index is 13.2. The topological polar surface area (TPSA) is 60.7 Å². The molecule has 0 amide bonds. The second-order valence-corrected chi connectivity index (χ2v) is 13.1. The van der Waals surface area contributed by atoms with E-state index in [1.165, 1.54) is 5.57 Å². The van der Waals surface area contributed by atoms with Crippen molar-refractivity contribution in [3.8, 4) is 37.5 Å². The Morgan fingerprint density at radius 3 is 2.09 bits per heavy atom. The van der Waals surface area contributed by atoms with Crippen molar-refractivity contribution in [1.82, 2.24) is 0 Å². The molecule has 0 radical (unpaired) electrons. The number of aliphatic hydroxyl groups is 3. The third-order valence-electron chi connectivity index (χ3n) is 9.66. The molecule has 46 heavy (non-hydrogen) atoms. The predicted molar refractivity (Wildman–Crippen MR) is 173 cm³/mol. The van der Waals surface area contributed by atoms with E-state index in [4.69, 9.17) is 0 Å². The second-order valence-electron chi connectivity index (χ2n) is 13.1. The van der Waals surface area contributed by atoms with E-state index in [1.54, 1.807) is 13.8 Å². The Morgan fingerprint density at radius 2 is 1.54 bits per heavy atom. The lowest BCUT2D eigenvalue weighted by atomic mass is 9.60. The highest BCUT2D eigenvalue weighted by Gasteiger charge is 2.70. The number of allylic oxidation sites excluding steroid dienone is 3. The van der Waals surface area contributed by atoms with Crippen molar-refractivity contribution >= 4 is 0 Å². The van der Waals surface area contributed by atoms with Crippen LogP contribution in [0.25, 0.3) is 0 Å². The Balaban J connectivity index is 0.00000389. The Labute approximate surface area is 272 Å². The summed E-state index contributed by atoms with van der Waals surface area (Å²) in [5.41, 5.74) is -3.15. The molecule has 260 valence electrons. The largest absolute Gasteiger partial charge is 0.438 e. The number of hydrogen-bond donors (Lipinski definition) is 3. The van der Waals surface area contributed by atoms with E-state index < -0.39 is 29.7 Å². The van der Waals surface area contributed by atoms with Gasteiger partial charge in [0, 0.05) is 6.42 Å². The first kappa shape index (κ1) is 43.4. The first-order valence-corrected chi connectivity index (χ1v) is 15.3. The molecule has 3 N–H and O–H groups in total. The number of alkyl halides is 6. The van der Waals surface area contributed by atoms with Crippen LogP contribution in [0.15, 0.2) is 35.5 Å². The van der Waals surface area contributed by atoms with Crippen LogP contribution in [0.4, 0.5) is 26.3 Å². The molecular formula is C37H52F6O3. The van der Waals surface area contributed by atoms with Gasteiger partial charge in [-0.3, -0.25) is 0 Å². The van der Waals surface area contributed by atoms with Gasteiger partial charge in [0.25, 0.3) is 0 Å². The average molecular weight is 659 g/mol. The van der Waals surface area contributed by atoms with Crippen LogP contribution < -0.4 is 0 Å². The van der Waals surface area contributed by atoms with Gasteiger partial charge in [0.2, 0.25) is 0 Å². The smallest absolute Gasteiger partial charge is 0.390 e. The molecule has 0 aromatic carbocycles. The van der Waals surface area contributed by atoms with Crippen LogP contribution in [0.3, 0.4) is 0 Å². The molecule has 3 nitrogen and oxygen atoms in total. The second kappa shape index (κ2) is 17.5.